The lowest BCUT2D eigenvalue weighted by molar-refractivity contribution is -0.167. The fourth-order valence-electron chi connectivity index (χ4n) is 9.05. The Bertz CT molecular complexity index is 710. The maximum atomic E-state index is 12.4. The molecule has 1 heterocycles. The lowest BCUT2D eigenvalue weighted by Crippen LogP contribution is -2.61. The number of likely N-dealkylation sites (tertiary alicyclic amines) is 1. The zero-order chi connectivity index (χ0) is 22.6. The van der Waals surface area contributed by atoms with Gasteiger partial charge in [-0.2, -0.15) is 0 Å². The van der Waals surface area contributed by atoms with Crippen LogP contribution < -0.4 is 0 Å². The number of carbonyl (C=O) groups excluding carboxylic acids is 2. The van der Waals surface area contributed by atoms with Crippen molar-refractivity contribution >= 4 is 11.9 Å². The SMILES string of the molecule is CCOCC(=O)OC(C)[C@H]1C(C)C[C@H]2[C@@H]3CC[C@H]4N(C)C(=O)CC[C@]4(C)[C@H]3CC[C@]12C. The van der Waals surface area contributed by atoms with Gasteiger partial charge in [0.1, 0.15) is 12.7 Å². The number of amides is 1. The molecule has 0 aromatic heterocycles. The average Bonchev–Trinajstić information content (AvgIpc) is 2.99. The standard InChI is InChI=1S/C26H43NO4/c1-7-30-15-23(29)31-17(3)24-16(2)14-20-18-8-9-21-25(4,13-11-22(28)27(21)6)19(18)10-12-26(20,24)5/h16-21,24H,7-15H2,1-6H3/t16?,17?,18-,19+,20+,21-,24-,25-,26+/m1/s1. The average molecular weight is 434 g/mol. The Labute approximate surface area is 188 Å². The smallest absolute Gasteiger partial charge is 0.332 e. The first kappa shape index (κ1) is 23.1. The molecule has 5 nitrogen and oxygen atoms in total. The van der Waals surface area contributed by atoms with Crippen LogP contribution in [-0.2, 0) is 19.1 Å². The van der Waals surface area contributed by atoms with Gasteiger partial charge in [0.2, 0.25) is 5.91 Å². The van der Waals surface area contributed by atoms with Gasteiger partial charge in [-0.1, -0.05) is 20.8 Å². The van der Waals surface area contributed by atoms with Crippen molar-refractivity contribution < 1.29 is 19.1 Å². The number of hydrogen-bond acceptors (Lipinski definition) is 4. The van der Waals surface area contributed by atoms with Crippen LogP contribution in [0.2, 0.25) is 0 Å². The lowest BCUT2D eigenvalue weighted by Gasteiger charge is -2.62. The molecule has 3 aliphatic carbocycles. The molecule has 1 saturated heterocycles. The minimum absolute atomic E-state index is 0.0543. The summed E-state index contributed by atoms with van der Waals surface area (Å²) in [6.07, 6.45) is 7.77. The van der Waals surface area contributed by atoms with Crippen molar-refractivity contribution in [2.45, 2.75) is 91.7 Å². The normalized spacial score (nSPS) is 45.5. The Hall–Kier alpha value is -1.10. The molecule has 4 aliphatic rings. The summed E-state index contributed by atoms with van der Waals surface area (Å²) in [6, 6.07) is 0.410. The highest BCUT2D eigenvalue weighted by Crippen LogP contribution is 2.67. The molecule has 0 aromatic carbocycles. The van der Waals surface area contributed by atoms with Gasteiger partial charge < -0.3 is 14.4 Å². The van der Waals surface area contributed by atoms with Crippen molar-refractivity contribution in [3.8, 4) is 0 Å². The highest BCUT2D eigenvalue weighted by atomic mass is 16.6. The fourth-order valence-corrected chi connectivity index (χ4v) is 9.05. The second kappa shape index (κ2) is 8.35. The predicted octanol–water partition coefficient (Wildman–Crippen LogP) is 4.68. The highest BCUT2D eigenvalue weighted by molar-refractivity contribution is 5.77. The minimum Gasteiger partial charge on any atom is -0.461 e. The van der Waals surface area contributed by atoms with Gasteiger partial charge in [0.25, 0.3) is 0 Å². The molecule has 0 N–H and O–H groups in total. The summed E-state index contributed by atoms with van der Waals surface area (Å²) >= 11 is 0. The van der Waals surface area contributed by atoms with Crippen molar-refractivity contribution in [1.29, 1.82) is 0 Å². The molecule has 2 unspecified atom stereocenters. The van der Waals surface area contributed by atoms with Crippen LogP contribution in [0.15, 0.2) is 0 Å². The second-order valence-corrected chi connectivity index (χ2v) is 11.6. The molecule has 9 atom stereocenters. The Morgan fingerprint density at radius 2 is 1.90 bits per heavy atom. The molecule has 0 spiro atoms. The van der Waals surface area contributed by atoms with E-state index in [9.17, 15) is 9.59 Å². The number of fused-ring (bicyclic) bond motifs is 5. The molecule has 5 heteroatoms. The maximum absolute atomic E-state index is 12.4. The second-order valence-electron chi connectivity index (χ2n) is 11.6. The van der Waals surface area contributed by atoms with Crippen molar-refractivity contribution in [1.82, 2.24) is 4.90 Å². The number of nitrogens with zero attached hydrogens (tertiary/aromatic N) is 1. The third-order valence-corrected chi connectivity index (χ3v) is 10.2. The van der Waals surface area contributed by atoms with E-state index in [1.54, 1.807) is 0 Å². The Balaban J connectivity index is 1.53. The van der Waals surface area contributed by atoms with Crippen LogP contribution in [0.25, 0.3) is 0 Å². The predicted molar refractivity (Wildman–Crippen MR) is 120 cm³/mol. The van der Waals surface area contributed by atoms with Gasteiger partial charge in [-0.05, 0) is 86.9 Å². The van der Waals surface area contributed by atoms with E-state index >= 15 is 0 Å². The number of hydrogen-bond donors (Lipinski definition) is 0. The number of ether oxygens (including phenoxy) is 2. The number of piperidine rings is 1. The van der Waals surface area contributed by atoms with Crippen LogP contribution in [0, 0.1) is 40.4 Å². The third kappa shape index (κ3) is 3.63. The first-order valence-electron chi connectivity index (χ1n) is 12.7. The Morgan fingerprint density at radius 1 is 1.16 bits per heavy atom. The van der Waals surface area contributed by atoms with Crippen LogP contribution in [0.5, 0.6) is 0 Å². The summed E-state index contributed by atoms with van der Waals surface area (Å²) in [6.45, 7) is 11.9. The van der Waals surface area contributed by atoms with Crippen LogP contribution in [0.1, 0.15) is 79.6 Å². The highest BCUT2D eigenvalue weighted by Gasteiger charge is 2.63. The van der Waals surface area contributed by atoms with E-state index in [4.69, 9.17) is 9.47 Å². The van der Waals surface area contributed by atoms with Gasteiger partial charge in [-0.3, -0.25) is 4.79 Å². The van der Waals surface area contributed by atoms with Gasteiger partial charge in [0.15, 0.2) is 0 Å². The molecule has 31 heavy (non-hydrogen) atoms. The quantitative estimate of drug-likeness (QED) is 0.591. The number of esters is 1. The molecule has 1 amide bonds. The van der Waals surface area contributed by atoms with E-state index in [-0.39, 0.29) is 29.5 Å². The van der Waals surface area contributed by atoms with Crippen molar-refractivity contribution in [3.05, 3.63) is 0 Å². The van der Waals surface area contributed by atoms with Gasteiger partial charge in [-0.25, -0.2) is 4.79 Å². The molecular weight excluding hydrogens is 390 g/mol. The largest absolute Gasteiger partial charge is 0.461 e. The third-order valence-electron chi connectivity index (χ3n) is 10.2. The zero-order valence-electron chi connectivity index (χ0n) is 20.5. The minimum atomic E-state index is -0.231. The van der Waals surface area contributed by atoms with E-state index < -0.39 is 0 Å². The van der Waals surface area contributed by atoms with E-state index in [1.807, 2.05) is 14.0 Å². The molecule has 4 rings (SSSR count). The molecular formula is C26H43NO4. The summed E-state index contributed by atoms with van der Waals surface area (Å²) in [7, 11) is 2.03. The van der Waals surface area contributed by atoms with Crippen molar-refractivity contribution in [3.63, 3.8) is 0 Å². The monoisotopic (exact) mass is 433 g/mol. The van der Waals surface area contributed by atoms with E-state index in [0.29, 0.717) is 48.6 Å². The fraction of sp³-hybridized carbons (Fsp3) is 0.923. The molecule has 1 aliphatic heterocycles. The maximum Gasteiger partial charge on any atom is 0.332 e. The Morgan fingerprint density at radius 3 is 2.61 bits per heavy atom. The number of carbonyl (C=O) groups is 2. The molecule has 3 saturated carbocycles. The topological polar surface area (TPSA) is 55.8 Å². The van der Waals surface area contributed by atoms with Crippen LogP contribution >= 0.6 is 0 Å². The van der Waals surface area contributed by atoms with Gasteiger partial charge >= 0.3 is 5.97 Å². The van der Waals surface area contributed by atoms with E-state index in [2.05, 4.69) is 32.6 Å². The zero-order valence-corrected chi connectivity index (χ0v) is 20.5. The summed E-state index contributed by atoms with van der Waals surface area (Å²) in [5, 5.41) is 0. The van der Waals surface area contributed by atoms with Gasteiger partial charge in [0.05, 0.1) is 0 Å². The lowest BCUT2D eigenvalue weighted by atomic mass is 9.46. The molecule has 176 valence electrons. The van der Waals surface area contributed by atoms with Crippen LogP contribution in [-0.4, -0.2) is 49.2 Å². The van der Waals surface area contributed by atoms with E-state index in [0.717, 1.165) is 18.8 Å². The van der Waals surface area contributed by atoms with Crippen LogP contribution in [0.3, 0.4) is 0 Å². The van der Waals surface area contributed by atoms with Gasteiger partial charge in [-0.15, -0.1) is 0 Å². The summed E-state index contributed by atoms with van der Waals surface area (Å²) in [5.41, 5.74) is 0.481. The first-order valence-corrected chi connectivity index (χ1v) is 12.7. The van der Waals surface area contributed by atoms with Crippen molar-refractivity contribution in [2.24, 2.45) is 40.4 Å². The first-order chi connectivity index (χ1) is 14.6. The molecule has 0 aromatic rings. The summed E-state index contributed by atoms with van der Waals surface area (Å²) < 4.78 is 11.1. The summed E-state index contributed by atoms with van der Waals surface area (Å²) in [5.74, 6) is 3.21. The number of rotatable bonds is 5. The van der Waals surface area contributed by atoms with Crippen molar-refractivity contribution in [2.75, 3.05) is 20.3 Å². The molecule has 0 bridgehead atoms. The van der Waals surface area contributed by atoms with E-state index in [1.165, 1.54) is 25.7 Å². The molecule has 4 fully saturated rings. The van der Waals surface area contributed by atoms with Crippen LogP contribution in [0.4, 0.5) is 0 Å². The van der Waals surface area contributed by atoms with Gasteiger partial charge in [0, 0.05) is 32.0 Å². The summed E-state index contributed by atoms with van der Waals surface area (Å²) in [4.78, 5) is 26.7. The molecule has 0 radical (unpaired) electrons. The Kier molecular flexibility index (Phi) is 6.22.